The number of nitrogens with two attached hydrogens (primary N) is 1. The van der Waals surface area contributed by atoms with Crippen LogP contribution in [-0.4, -0.2) is 9.97 Å². The molecule has 3 N–H and O–H groups in total. The van der Waals surface area contributed by atoms with Gasteiger partial charge in [-0.05, 0) is 32.4 Å². The van der Waals surface area contributed by atoms with Crippen LogP contribution in [0.3, 0.4) is 0 Å². The third-order valence-corrected chi connectivity index (χ3v) is 4.02. The average molecular weight is 283 g/mol. The zero-order chi connectivity index (χ0) is 13.3. The van der Waals surface area contributed by atoms with Gasteiger partial charge in [0.15, 0.2) is 11.0 Å². The lowest BCUT2D eigenvalue weighted by Gasteiger charge is -2.16. The van der Waals surface area contributed by atoms with E-state index >= 15 is 0 Å². The summed E-state index contributed by atoms with van der Waals surface area (Å²) in [5, 5.41) is 3.54. The number of nitrogens with zero attached hydrogens (tertiary/aromatic N) is 2. The van der Waals surface area contributed by atoms with E-state index in [-0.39, 0.29) is 11.2 Å². The normalized spacial score (nSPS) is 12.4. The van der Waals surface area contributed by atoms with Crippen LogP contribution in [0.25, 0.3) is 0 Å². The fourth-order valence-electron chi connectivity index (χ4n) is 1.85. The molecule has 0 fully saturated rings. The lowest BCUT2D eigenvalue weighted by molar-refractivity contribution is 0.870. The Hall–Kier alpha value is -1.33. The van der Waals surface area contributed by atoms with Crippen molar-refractivity contribution in [2.45, 2.75) is 26.8 Å². The summed E-state index contributed by atoms with van der Waals surface area (Å²) >= 11 is 7.65. The molecule has 1 atom stereocenters. The molecule has 6 heteroatoms. The van der Waals surface area contributed by atoms with Crippen molar-refractivity contribution < 1.29 is 0 Å². The van der Waals surface area contributed by atoms with Gasteiger partial charge in [0.05, 0.1) is 6.04 Å². The Morgan fingerprint density at radius 1 is 1.39 bits per heavy atom. The summed E-state index contributed by atoms with van der Waals surface area (Å²) in [4.78, 5) is 10.5. The molecule has 2 aromatic rings. The van der Waals surface area contributed by atoms with Crippen molar-refractivity contribution in [3.63, 3.8) is 0 Å². The van der Waals surface area contributed by atoms with E-state index in [1.807, 2.05) is 0 Å². The first kappa shape index (κ1) is 13.1. The third kappa shape index (κ3) is 2.57. The number of aryl methyl sites for hydroxylation is 2. The first-order valence-electron chi connectivity index (χ1n) is 5.58. The molecule has 0 saturated heterocycles. The maximum absolute atomic E-state index is 5.86. The van der Waals surface area contributed by atoms with Crippen molar-refractivity contribution in [3.8, 4) is 0 Å². The van der Waals surface area contributed by atoms with Crippen LogP contribution >= 0.6 is 22.9 Å². The molecule has 4 nitrogen and oxygen atoms in total. The molecule has 1 unspecified atom stereocenters. The summed E-state index contributed by atoms with van der Waals surface area (Å²) in [6.07, 6.45) is 1.40. The van der Waals surface area contributed by atoms with Crippen LogP contribution in [0.15, 0.2) is 12.4 Å². The van der Waals surface area contributed by atoms with Crippen molar-refractivity contribution in [3.05, 3.63) is 32.9 Å². The van der Waals surface area contributed by atoms with Crippen molar-refractivity contribution in [1.29, 1.82) is 0 Å². The van der Waals surface area contributed by atoms with E-state index in [1.165, 1.54) is 21.6 Å². The van der Waals surface area contributed by atoms with Gasteiger partial charge in [0.1, 0.15) is 12.0 Å². The zero-order valence-corrected chi connectivity index (χ0v) is 12.1. The van der Waals surface area contributed by atoms with Crippen molar-refractivity contribution >= 4 is 34.4 Å². The highest BCUT2D eigenvalue weighted by atomic mass is 35.5. The Kier molecular flexibility index (Phi) is 3.73. The van der Waals surface area contributed by atoms with Gasteiger partial charge in [-0.3, -0.25) is 0 Å². The summed E-state index contributed by atoms with van der Waals surface area (Å²) in [6.45, 7) is 6.29. The van der Waals surface area contributed by atoms with E-state index in [0.29, 0.717) is 11.5 Å². The number of halogens is 1. The van der Waals surface area contributed by atoms with E-state index in [0.717, 1.165) is 0 Å². The lowest BCUT2D eigenvalue weighted by atomic mass is 10.1. The second-order valence-corrected chi connectivity index (χ2v) is 5.98. The van der Waals surface area contributed by atoms with E-state index in [1.54, 1.807) is 11.3 Å². The highest BCUT2D eigenvalue weighted by molar-refractivity contribution is 7.12. The van der Waals surface area contributed by atoms with E-state index < -0.39 is 0 Å². The lowest BCUT2D eigenvalue weighted by Crippen LogP contribution is -2.10. The highest BCUT2D eigenvalue weighted by Crippen LogP contribution is 2.30. The van der Waals surface area contributed by atoms with Crippen molar-refractivity contribution in [1.82, 2.24) is 9.97 Å². The monoisotopic (exact) mass is 282 g/mol. The summed E-state index contributed by atoms with van der Waals surface area (Å²) < 4.78 is 0. The van der Waals surface area contributed by atoms with Crippen LogP contribution in [0.2, 0.25) is 5.15 Å². The van der Waals surface area contributed by atoms with Crippen LogP contribution in [0, 0.1) is 13.8 Å². The fraction of sp³-hybridized carbons (Fsp3) is 0.333. The Labute approximate surface area is 115 Å². The SMILES string of the molecule is Cc1cc(C(C)Nc2ncnc(Cl)c2N)c(C)s1. The van der Waals surface area contributed by atoms with Gasteiger partial charge in [-0.1, -0.05) is 11.6 Å². The van der Waals surface area contributed by atoms with E-state index in [2.05, 4.69) is 42.1 Å². The van der Waals surface area contributed by atoms with Gasteiger partial charge >= 0.3 is 0 Å². The minimum Gasteiger partial charge on any atom is -0.393 e. The predicted molar refractivity (Wildman–Crippen MR) is 77.3 cm³/mol. The number of nitrogen functional groups attached to an aromatic ring is 1. The summed E-state index contributed by atoms with van der Waals surface area (Å²) in [6, 6.07) is 2.31. The van der Waals surface area contributed by atoms with Gasteiger partial charge < -0.3 is 11.1 Å². The molecule has 0 spiro atoms. The standard InChI is InChI=1S/C12H15ClN4S/c1-6-4-9(8(3)18-6)7(2)17-12-10(14)11(13)15-5-16-12/h4-5,7H,14H2,1-3H3,(H,15,16,17). The van der Waals surface area contributed by atoms with E-state index in [4.69, 9.17) is 17.3 Å². The summed E-state index contributed by atoms with van der Waals surface area (Å²) in [5.74, 6) is 0.575. The van der Waals surface area contributed by atoms with Gasteiger partial charge in [0.2, 0.25) is 0 Å². The van der Waals surface area contributed by atoms with Gasteiger partial charge in [0, 0.05) is 9.75 Å². The fourth-order valence-corrected chi connectivity index (χ4v) is 3.01. The molecule has 2 aromatic heterocycles. The molecular formula is C12H15ClN4S. The number of anilines is 2. The zero-order valence-electron chi connectivity index (χ0n) is 10.5. The maximum atomic E-state index is 5.86. The van der Waals surface area contributed by atoms with Gasteiger partial charge in [-0.25, -0.2) is 9.97 Å². The molecule has 2 heterocycles. The second-order valence-electron chi connectivity index (χ2n) is 4.16. The molecule has 0 amide bonds. The Balaban J connectivity index is 2.24. The maximum Gasteiger partial charge on any atom is 0.157 e. The smallest absolute Gasteiger partial charge is 0.157 e. The van der Waals surface area contributed by atoms with Crippen molar-refractivity contribution in [2.75, 3.05) is 11.1 Å². The van der Waals surface area contributed by atoms with Crippen LogP contribution in [-0.2, 0) is 0 Å². The molecule has 0 radical (unpaired) electrons. The Morgan fingerprint density at radius 2 is 2.11 bits per heavy atom. The number of hydrogen-bond donors (Lipinski definition) is 2. The van der Waals surface area contributed by atoms with Gasteiger partial charge in [-0.15, -0.1) is 11.3 Å². The summed E-state index contributed by atoms with van der Waals surface area (Å²) in [5.41, 5.74) is 7.48. The first-order valence-corrected chi connectivity index (χ1v) is 6.78. The quantitative estimate of drug-likeness (QED) is 0.845. The third-order valence-electron chi connectivity index (χ3n) is 2.73. The van der Waals surface area contributed by atoms with Crippen LogP contribution < -0.4 is 11.1 Å². The second kappa shape index (κ2) is 5.12. The Bertz CT molecular complexity index is 567. The topological polar surface area (TPSA) is 63.8 Å². The molecule has 0 aliphatic heterocycles. The van der Waals surface area contributed by atoms with Gasteiger partial charge in [0.25, 0.3) is 0 Å². The molecule has 0 bridgehead atoms. The van der Waals surface area contributed by atoms with Crippen LogP contribution in [0.4, 0.5) is 11.5 Å². The molecule has 0 aliphatic carbocycles. The minimum atomic E-state index is 0.128. The Morgan fingerprint density at radius 3 is 2.72 bits per heavy atom. The van der Waals surface area contributed by atoms with Crippen molar-refractivity contribution in [2.24, 2.45) is 0 Å². The number of rotatable bonds is 3. The number of thiophene rings is 1. The van der Waals surface area contributed by atoms with Crippen LogP contribution in [0.1, 0.15) is 28.3 Å². The molecule has 0 aromatic carbocycles. The van der Waals surface area contributed by atoms with E-state index in [9.17, 15) is 0 Å². The number of nitrogens with one attached hydrogen (secondary N) is 1. The molecule has 2 rings (SSSR count). The molecule has 18 heavy (non-hydrogen) atoms. The average Bonchev–Trinajstić information content (AvgIpc) is 2.64. The highest BCUT2D eigenvalue weighted by Gasteiger charge is 2.14. The molecule has 0 saturated carbocycles. The summed E-state index contributed by atoms with van der Waals surface area (Å²) in [7, 11) is 0. The predicted octanol–water partition coefficient (Wildman–Crippen LogP) is 3.56. The minimum absolute atomic E-state index is 0.128. The molecule has 96 valence electrons. The molecular weight excluding hydrogens is 268 g/mol. The number of hydrogen-bond acceptors (Lipinski definition) is 5. The number of aromatic nitrogens is 2. The largest absolute Gasteiger partial charge is 0.393 e. The van der Waals surface area contributed by atoms with Gasteiger partial charge in [-0.2, -0.15) is 0 Å². The first-order chi connectivity index (χ1) is 8.49. The van der Waals surface area contributed by atoms with Crippen LogP contribution in [0.5, 0.6) is 0 Å². The molecule has 0 aliphatic rings.